The third kappa shape index (κ3) is 4.39. The molecular weight excluding hydrogens is 348 g/mol. The summed E-state index contributed by atoms with van der Waals surface area (Å²) in [6, 6.07) is 13.4. The van der Waals surface area contributed by atoms with E-state index in [9.17, 15) is 18.7 Å². The van der Waals surface area contributed by atoms with Crippen LogP contribution >= 0.6 is 11.3 Å². The number of fused-ring (bicyclic) bond motifs is 1. The highest BCUT2D eigenvalue weighted by Crippen LogP contribution is 2.30. The van der Waals surface area contributed by atoms with Crippen LogP contribution in [0.4, 0.5) is 8.78 Å². The smallest absolute Gasteiger partial charge is 0.387 e. The fraction of sp³-hybridized carbons (Fsp3) is 0.111. The number of carboxylic acid groups (broad SMARTS) is 1. The van der Waals surface area contributed by atoms with Crippen molar-refractivity contribution in [3.63, 3.8) is 0 Å². The number of hydrogen-bond donors (Lipinski definition) is 0. The van der Waals surface area contributed by atoms with Crippen molar-refractivity contribution in [2.45, 2.75) is 13.0 Å². The molecule has 0 saturated carbocycles. The van der Waals surface area contributed by atoms with Crippen molar-refractivity contribution >= 4 is 39.2 Å². The summed E-state index contributed by atoms with van der Waals surface area (Å²) >= 11 is 1.38. The number of alkyl halides is 2. The van der Waals surface area contributed by atoms with Crippen LogP contribution in [0.5, 0.6) is 5.75 Å². The van der Waals surface area contributed by atoms with Gasteiger partial charge in [-0.3, -0.25) is 0 Å². The predicted molar refractivity (Wildman–Crippen MR) is 90.2 cm³/mol. The van der Waals surface area contributed by atoms with E-state index in [1.807, 2.05) is 24.3 Å². The van der Waals surface area contributed by atoms with E-state index in [2.05, 4.69) is 9.72 Å². The Balaban J connectivity index is 1.94. The van der Waals surface area contributed by atoms with Gasteiger partial charge in [-0.1, -0.05) is 24.3 Å². The van der Waals surface area contributed by atoms with Crippen LogP contribution in [0.15, 0.2) is 48.5 Å². The van der Waals surface area contributed by atoms with Crippen molar-refractivity contribution in [2.24, 2.45) is 0 Å². The lowest BCUT2D eigenvalue weighted by atomic mass is 10.1. The Hall–Kier alpha value is -2.80. The minimum absolute atomic E-state index is 0.0357. The van der Waals surface area contributed by atoms with Crippen molar-refractivity contribution < 1.29 is 23.4 Å². The fourth-order valence-corrected chi connectivity index (χ4v) is 3.28. The highest BCUT2D eigenvalue weighted by Gasteiger charge is 2.10. The monoisotopic (exact) mass is 360 g/mol. The number of benzene rings is 2. The van der Waals surface area contributed by atoms with Crippen LogP contribution in [-0.4, -0.2) is 17.6 Å². The molecule has 0 radical (unpaired) electrons. The number of aromatic nitrogens is 1. The van der Waals surface area contributed by atoms with Gasteiger partial charge in [0, 0.05) is 12.4 Å². The second-order valence-electron chi connectivity index (χ2n) is 5.15. The van der Waals surface area contributed by atoms with Gasteiger partial charge in [-0.2, -0.15) is 8.78 Å². The van der Waals surface area contributed by atoms with Crippen LogP contribution in [0.1, 0.15) is 17.0 Å². The predicted octanol–water partition coefficient (Wildman–Crippen LogP) is 3.58. The second kappa shape index (κ2) is 7.40. The van der Waals surface area contributed by atoms with Gasteiger partial charge in [-0.25, -0.2) is 4.98 Å². The van der Waals surface area contributed by atoms with Crippen LogP contribution < -0.4 is 9.84 Å². The van der Waals surface area contributed by atoms with E-state index < -0.39 is 12.6 Å². The van der Waals surface area contributed by atoms with E-state index in [-0.39, 0.29) is 12.2 Å². The van der Waals surface area contributed by atoms with Crippen LogP contribution in [0.3, 0.4) is 0 Å². The van der Waals surface area contributed by atoms with Gasteiger partial charge in [0.1, 0.15) is 10.8 Å². The molecule has 1 heterocycles. The number of rotatable bonds is 6. The summed E-state index contributed by atoms with van der Waals surface area (Å²) in [6.45, 7) is -2.89. The summed E-state index contributed by atoms with van der Waals surface area (Å²) in [5.41, 5.74) is 1.92. The van der Waals surface area contributed by atoms with Crippen molar-refractivity contribution in [1.82, 2.24) is 4.98 Å². The van der Waals surface area contributed by atoms with Crippen LogP contribution in [0.25, 0.3) is 21.9 Å². The molecule has 1 aromatic heterocycles. The largest absolute Gasteiger partial charge is 0.550 e. The van der Waals surface area contributed by atoms with Gasteiger partial charge in [-0.15, -0.1) is 11.3 Å². The SMILES string of the molecule is O=C([O-])C/C(=C\c1ccc(OC(F)F)cc1)c1nc2ccccc2s1. The number of nitrogens with zero attached hydrogens (tertiary/aromatic N) is 1. The molecule has 0 bridgehead atoms. The molecule has 0 fully saturated rings. The summed E-state index contributed by atoms with van der Waals surface area (Å²) in [4.78, 5) is 15.5. The topological polar surface area (TPSA) is 62.2 Å². The van der Waals surface area contributed by atoms with E-state index in [0.29, 0.717) is 16.1 Å². The van der Waals surface area contributed by atoms with Gasteiger partial charge >= 0.3 is 6.61 Å². The van der Waals surface area contributed by atoms with E-state index in [0.717, 1.165) is 10.2 Å². The number of aliphatic carboxylic acids is 1. The number of carboxylic acids is 1. The average Bonchev–Trinajstić information content (AvgIpc) is 2.99. The highest BCUT2D eigenvalue weighted by atomic mass is 32.1. The van der Waals surface area contributed by atoms with Gasteiger partial charge in [0.15, 0.2) is 0 Å². The Kier molecular flexibility index (Phi) is 5.04. The summed E-state index contributed by atoms with van der Waals surface area (Å²) in [6.07, 6.45) is 1.36. The minimum atomic E-state index is -2.89. The number of ether oxygens (including phenoxy) is 1. The van der Waals surface area contributed by atoms with Gasteiger partial charge in [-0.05, 0) is 41.5 Å². The third-order valence-electron chi connectivity index (χ3n) is 3.35. The molecule has 0 amide bonds. The molecule has 0 spiro atoms. The minimum Gasteiger partial charge on any atom is -0.550 e. The van der Waals surface area contributed by atoms with Crippen LogP contribution in [0.2, 0.25) is 0 Å². The summed E-state index contributed by atoms with van der Waals surface area (Å²) < 4.78 is 29.6. The molecule has 0 aliphatic carbocycles. The molecule has 25 heavy (non-hydrogen) atoms. The standard InChI is InChI=1S/C18H13F2NO3S/c19-18(20)24-13-7-5-11(6-8-13)9-12(10-16(22)23)17-21-14-3-1-2-4-15(14)25-17/h1-9,18H,10H2,(H,22,23)/p-1/b12-9+. The molecule has 0 unspecified atom stereocenters. The third-order valence-corrected chi connectivity index (χ3v) is 4.46. The molecule has 3 rings (SSSR count). The first kappa shape index (κ1) is 17.0. The number of carbonyl (C=O) groups excluding carboxylic acids is 1. The zero-order valence-electron chi connectivity index (χ0n) is 12.8. The van der Waals surface area contributed by atoms with Crippen molar-refractivity contribution in [3.8, 4) is 5.75 Å². The van der Waals surface area contributed by atoms with Crippen molar-refractivity contribution in [1.29, 1.82) is 0 Å². The number of hydrogen-bond acceptors (Lipinski definition) is 5. The lowest BCUT2D eigenvalue weighted by Gasteiger charge is -2.07. The number of halogens is 2. The molecule has 128 valence electrons. The van der Waals surface area contributed by atoms with Crippen LogP contribution in [-0.2, 0) is 4.79 Å². The van der Waals surface area contributed by atoms with E-state index in [1.165, 1.54) is 23.5 Å². The molecular formula is C18H12F2NO3S-. The van der Waals surface area contributed by atoms with Crippen LogP contribution in [0, 0.1) is 0 Å². The number of para-hydroxylation sites is 1. The molecule has 0 saturated heterocycles. The highest BCUT2D eigenvalue weighted by molar-refractivity contribution is 7.19. The Morgan fingerprint density at radius 2 is 1.92 bits per heavy atom. The first-order valence-electron chi connectivity index (χ1n) is 7.32. The second-order valence-corrected chi connectivity index (χ2v) is 6.18. The van der Waals surface area contributed by atoms with Gasteiger partial charge in [0.2, 0.25) is 0 Å². The molecule has 0 N–H and O–H groups in total. The molecule has 0 atom stereocenters. The quantitative estimate of drug-likeness (QED) is 0.674. The Morgan fingerprint density at radius 3 is 2.56 bits per heavy atom. The Bertz CT molecular complexity index is 886. The Morgan fingerprint density at radius 1 is 1.20 bits per heavy atom. The lowest BCUT2D eigenvalue weighted by Crippen LogP contribution is -2.22. The van der Waals surface area contributed by atoms with Gasteiger partial charge in [0.05, 0.1) is 10.2 Å². The maximum atomic E-state index is 12.2. The van der Waals surface area contributed by atoms with Crippen molar-refractivity contribution in [2.75, 3.05) is 0 Å². The summed E-state index contributed by atoms with van der Waals surface area (Å²) in [5, 5.41) is 11.7. The summed E-state index contributed by atoms with van der Waals surface area (Å²) in [5.74, 6) is -1.18. The van der Waals surface area contributed by atoms with Crippen molar-refractivity contribution in [3.05, 3.63) is 59.1 Å². The van der Waals surface area contributed by atoms with Gasteiger partial charge in [0.25, 0.3) is 0 Å². The normalized spacial score (nSPS) is 11.9. The Labute approximate surface area is 146 Å². The number of thiazole rings is 1. The first-order chi connectivity index (χ1) is 12.0. The molecule has 4 nitrogen and oxygen atoms in total. The average molecular weight is 360 g/mol. The zero-order chi connectivity index (χ0) is 17.8. The molecule has 2 aromatic carbocycles. The molecule has 7 heteroatoms. The fourth-order valence-electron chi connectivity index (χ4n) is 2.30. The maximum Gasteiger partial charge on any atom is 0.387 e. The van der Waals surface area contributed by atoms with E-state index in [4.69, 9.17) is 0 Å². The summed E-state index contributed by atoms with van der Waals surface area (Å²) in [7, 11) is 0. The maximum absolute atomic E-state index is 12.2. The lowest BCUT2D eigenvalue weighted by molar-refractivity contribution is -0.304. The van der Waals surface area contributed by atoms with E-state index >= 15 is 0 Å². The van der Waals surface area contributed by atoms with E-state index in [1.54, 1.807) is 18.2 Å². The molecule has 3 aromatic rings. The number of carbonyl (C=O) groups is 1. The molecule has 0 aliphatic rings. The van der Waals surface area contributed by atoms with Gasteiger partial charge < -0.3 is 14.6 Å². The first-order valence-corrected chi connectivity index (χ1v) is 8.14. The zero-order valence-corrected chi connectivity index (χ0v) is 13.6. The molecule has 0 aliphatic heterocycles.